The van der Waals surface area contributed by atoms with Gasteiger partial charge in [-0.25, -0.2) is 0 Å². The Labute approximate surface area is 149 Å². The van der Waals surface area contributed by atoms with E-state index < -0.39 is 0 Å². The fraction of sp³-hybridized carbons (Fsp3) is 0.318. The number of anilines is 1. The van der Waals surface area contributed by atoms with E-state index in [1.807, 2.05) is 12.1 Å². The van der Waals surface area contributed by atoms with E-state index in [9.17, 15) is 0 Å². The molecular weight excluding hydrogens is 306 g/mol. The van der Waals surface area contributed by atoms with Gasteiger partial charge < -0.3 is 5.73 Å². The van der Waals surface area contributed by atoms with Gasteiger partial charge >= 0.3 is 0 Å². The van der Waals surface area contributed by atoms with Gasteiger partial charge in [-0.05, 0) is 48.1 Å². The topological polar surface area (TPSA) is 50.4 Å². The maximum absolute atomic E-state index is 6.02. The van der Waals surface area contributed by atoms with Crippen molar-refractivity contribution in [3.05, 3.63) is 77.4 Å². The summed E-state index contributed by atoms with van der Waals surface area (Å²) in [7, 11) is 0. The Bertz CT molecular complexity index is 792. The van der Waals surface area contributed by atoms with Crippen molar-refractivity contribution in [3.63, 3.8) is 0 Å². The minimum atomic E-state index is 0.124. The first-order valence-electron chi connectivity index (χ1n) is 9.27. The van der Waals surface area contributed by atoms with E-state index in [0.29, 0.717) is 5.92 Å². The van der Waals surface area contributed by atoms with Crippen molar-refractivity contribution in [2.45, 2.75) is 38.1 Å². The highest BCUT2D eigenvalue weighted by Gasteiger charge is 2.32. The molecule has 128 valence electrons. The number of rotatable bonds is 2. The highest BCUT2D eigenvalue weighted by Crippen LogP contribution is 2.38. The van der Waals surface area contributed by atoms with Crippen LogP contribution in [0.4, 0.5) is 5.69 Å². The average Bonchev–Trinajstić information content (AvgIpc) is 2.62. The molecule has 4 rings (SSSR count). The number of nitrogen functional groups attached to an aromatic ring is 1. The molecule has 1 aliphatic carbocycles. The second kappa shape index (κ2) is 7.14. The minimum Gasteiger partial charge on any atom is -0.399 e. The number of nitrogens with two attached hydrogens (primary N) is 1. The summed E-state index contributed by atoms with van der Waals surface area (Å²) >= 11 is 0. The third-order valence-corrected chi connectivity index (χ3v) is 5.27. The summed E-state index contributed by atoms with van der Waals surface area (Å²) in [4.78, 5) is 0. The second-order valence-corrected chi connectivity index (χ2v) is 6.99. The van der Waals surface area contributed by atoms with Crippen molar-refractivity contribution < 1.29 is 0 Å². The first kappa shape index (κ1) is 15.9. The van der Waals surface area contributed by atoms with Crippen LogP contribution in [0.1, 0.15) is 49.3 Å². The van der Waals surface area contributed by atoms with Crippen LogP contribution in [-0.2, 0) is 0 Å². The third kappa shape index (κ3) is 3.32. The molecule has 2 aromatic rings. The minimum absolute atomic E-state index is 0.124. The van der Waals surface area contributed by atoms with Crippen LogP contribution in [-0.4, -0.2) is 5.71 Å². The van der Waals surface area contributed by atoms with Gasteiger partial charge in [0, 0.05) is 11.6 Å². The van der Waals surface area contributed by atoms with E-state index in [1.165, 1.54) is 48.1 Å². The summed E-state index contributed by atoms with van der Waals surface area (Å²) in [6.07, 6.45) is 8.60. The molecule has 0 radical (unpaired) electrons. The highest BCUT2D eigenvalue weighted by molar-refractivity contribution is 6.04. The molecule has 25 heavy (non-hydrogen) atoms. The summed E-state index contributed by atoms with van der Waals surface area (Å²) in [5.74, 6) is 0.385. The Hall–Kier alpha value is -2.55. The molecule has 0 saturated carbocycles. The smallest absolute Gasteiger partial charge is 0.0907 e. The third-order valence-electron chi connectivity index (χ3n) is 5.27. The lowest BCUT2D eigenvalue weighted by atomic mass is 9.77. The number of hydrogen-bond donors (Lipinski definition) is 2. The van der Waals surface area contributed by atoms with Crippen LogP contribution in [0.15, 0.2) is 71.3 Å². The van der Waals surface area contributed by atoms with Gasteiger partial charge in [0.05, 0.1) is 11.8 Å². The van der Waals surface area contributed by atoms with Crippen LogP contribution in [0.5, 0.6) is 0 Å². The van der Waals surface area contributed by atoms with E-state index >= 15 is 0 Å². The molecule has 2 aliphatic rings. The molecule has 3 heteroatoms. The number of fused-ring (bicyclic) bond motifs is 1. The number of nitrogens with one attached hydrogen (secondary N) is 1. The van der Waals surface area contributed by atoms with Crippen molar-refractivity contribution in [1.82, 2.24) is 5.43 Å². The molecule has 3 N–H and O–H groups in total. The van der Waals surface area contributed by atoms with Gasteiger partial charge in [0.15, 0.2) is 0 Å². The van der Waals surface area contributed by atoms with Gasteiger partial charge in [-0.1, -0.05) is 61.4 Å². The first-order valence-corrected chi connectivity index (χ1v) is 9.27. The Morgan fingerprint density at radius 1 is 0.960 bits per heavy atom. The van der Waals surface area contributed by atoms with Crippen LogP contribution in [0, 0.1) is 5.92 Å². The lowest BCUT2D eigenvalue weighted by Crippen LogP contribution is -2.35. The molecule has 2 atom stereocenters. The monoisotopic (exact) mass is 331 g/mol. The van der Waals surface area contributed by atoms with Crippen LogP contribution in [0.2, 0.25) is 0 Å². The maximum atomic E-state index is 6.02. The van der Waals surface area contributed by atoms with Crippen molar-refractivity contribution in [2.24, 2.45) is 11.0 Å². The molecule has 3 nitrogen and oxygen atoms in total. The Morgan fingerprint density at radius 2 is 1.84 bits per heavy atom. The normalized spacial score (nSPS) is 25.4. The zero-order valence-electron chi connectivity index (χ0n) is 14.5. The van der Waals surface area contributed by atoms with E-state index in [-0.39, 0.29) is 6.04 Å². The highest BCUT2D eigenvalue weighted by atomic mass is 15.3. The summed E-state index contributed by atoms with van der Waals surface area (Å²) in [6.45, 7) is 0. The van der Waals surface area contributed by atoms with Gasteiger partial charge in [-0.15, -0.1) is 0 Å². The van der Waals surface area contributed by atoms with Gasteiger partial charge in [-0.3, -0.25) is 5.43 Å². The summed E-state index contributed by atoms with van der Waals surface area (Å²) in [5.41, 5.74) is 15.3. The van der Waals surface area contributed by atoms with Gasteiger partial charge in [0.2, 0.25) is 0 Å². The molecule has 0 saturated heterocycles. The van der Waals surface area contributed by atoms with Gasteiger partial charge in [-0.2, -0.15) is 5.10 Å². The summed E-state index contributed by atoms with van der Waals surface area (Å²) in [5, 5.41) is 4.83. The van der Waals surface area contributed by atoms with E-state index in [4.69, 9.17) is 10.8 Å². The maximum Gasteiger partial charge on any atom is 0.0907 e. The number of allylic oxidation sites excluding steroid dienone is 1. The van der Waals surface area contributed by atoms with E-state index in [2.05, 4.69) is 54.0 Å². The fourth-order valence-electron chi connectivity index (χ4n) is 4.03. The quantitative estimate of drug-likeness (QED) is 0.612. The lowest BCUT2D eigenvalue weighted by Gasteiger charge is -2.35. The van der Waals surface area contributed by atoms with Crippen molar-refractivity contribution in [1.29, 1.82) is 0 Å². The molecule has 2 unspecified atom stereocenters. The van der Waals surface area contributed by atoms with Crippen molar-refractivity contribution >= 4 is 11.4 Å². The van der Waals surface area contributed by atoms with Gasteiger partial charge in [0.1, 0.15) is 0 Å². The molecule has 2 aromatic carbocycles. The molecule has 0 spiro atoms. The van der Waals surface area contributed by atoms with E-state index in [0.717, 1.165) is 12.1 Å². The predicted molar refractivity (Wildman–Crippen MR) is 104 cm³/mol. The standard InChI is InChI=1S/C22H25N3/c23-18-12-8-11-17(15-18)22-20-14-7-2-1-6-13-19(20)21(24-25-22)16-9-4-3-5-10-16/h3-5,8-12,14-15,19,22,25H,1-2,6-7,13,23H2/b20-14+. The molecular formula is C22H25N3. The molecule has 1 aliphatic heterocycles. The van der Waals surface area contributed by atoms with Crippen LogP contribution >= 0.6 is 0 Å². The van der Waals surface area contributed by atoms with Crippen molar-refractivity contribution in [2.75, 3.05) is 5.73 Å². The Kier molecular flexibility index (Phi) is 4.55. The number of hydrazone groups is 1. The SMILES string of the molecule is Nc1cccc(C2NN=C(c3ccccc3)C3CCCCC/C=C\32)c1. The zero-order chi connectivity index (χ0) is 17.1. The molecule has 0 aromatic heterocycles. The zero-order valence-corrected chi connectivity index (χ0v) is 14.5. The number of benzene rings is 2. The Morgan fingerprint density at radius 3 is 2.68 bits per heavy atom. The molecule has 0 fully saturated rings. The lowest BCUT2D eigenvalue weighted by molar-refractivity contribution is 0.490. The summed E-state index contributed by atoms with van der Waals surface area (Å²) in [6, 6.07) is 18.9. The molecule has 1 heterocycles. The average molecular weight is 331 g/mol. The molecule has 0 bridgehead atoms. The fourth-order valence-corrected chi connectivity index (χ4v) is 4.03. The van der Waals surface area contributed by atoms with Crippen LogP contribution in [0.25, 0.3) is 0 Å². The Balaban J connectivity index is 1.77. The van der Waals surface area contributed by atoms with Gasteiger partial charge in [0.25, 0.3) is 0 Å². The largest absolute Gasteiger partial charge is 0.399 e. The van der Waals surface area contributed by atoms with Crippen molar-refractivity contribution in [3.8, 4) is 0 Å². The predicted octanol–water partition coefficient (Wildman–Crippen LogP) is 4.82. The molecule has 0 amide bonds. The first-order chi connectivity index (χ1) is 12.3. The second-order valence-electron chi connectivity index (χ2n) is 6.99. The summed E-state index contributed by atoms with van der Waals surface area (Å²) < 4.78 is 0. The number of hydrogen-bond acceptors (Lipinski definition) is 3. The number of nitrogens with zero attached hydrogens (tertiary/aromatic N) is 1. The van der Waals surface area contributed by atoms with Crippen LogP contribution < -0.4 is 11.2 Å². The van der Waals surface area contributed by atoms with E-state index in [1.54, 1.807) is 0 Å². The van der Waals surface area contributed by atoms with Crippen LogP contribution in [0.3, 0.4) is 0 Å².